The van der Waals surface area contributed by atoms with E-state index >= 15 is 0 Å². The van der Waals surface area contributed by atoms with Crippen molar-refractivity contribution in [2.24, 2.45) is 0 Å². The van der Waals surface area contributed by atoms with Crippen molar-refractivity contribution in [1.29, 1.82) is 0 Å². The van der Waals surface area contributed by atoms with Crippen molar-refractivity contribution in [3.05, 3.63) is 235 Å². The number of ketones is 3. The summed E-state index contributed by atoms with van der Waals surface area (Å²) in [5, 5.41) is 60.7. The van der Waals surface area contributed by atoms with E-state index in [1.54, 1.807) is 40.9 Å². The second-order valence-electron chi connectivity index (χ2n) is 23.9. The first-order valence-corrected chi connectivity index (χ1v) is 39.7. The van der Waals surface area contributed by atoms with Crippen molar-refractivity contribution in [1.82, 2.24) is 21.3 Å². The van der Waals surface area contributed by atoms with Gasteiger partial charge in [0, 0.05) is 61.7 Å². The molecule has 105 heavy (non-hydrogen) atoms. The van der Waals surface area contributed by atoms with Gasteiger partial charge in [-0.05, 0) is 220 Å². The van der Waals surface area contributed by atoms with Crippen LogP contribution in [0.3, 0.4) is 0 Å². The van der Waals surface area contributed by atoms with E-state index in [1.807, 2.05) is 111 Å². The number of halogens is 5. The largest absolute Gasteiger partial charge is 1.00 e. The molecule has 9 aromatic rings. The number of nitrogens with one attached hydrogen (secondary N) is 4. The normalized spacial score (nSPS) is 20.2. The molecule has 3 aromatic heterocycles. The van der Waals surface area contributed by atoms with E-state index in [9.17, 15) is 39.0 Å². The molecule has 5 saturated heterocycles. The average Bonchev–Trinajstić information content (AvgIpc) is 1.06. The first-order valence-electron chi connectivity index (χ1n) is 32.0. The summed E-state index contributed by atoms with van der Waals surface area (Å²) in [7, 11) is 0. The first kappa shape index (κ1) is 90.5. The zero-order valence-electron chi connectivity index (χ0n) is 57.3. The number of carbonyl (C=O) groups is 7. The van der Waals surface area contributed by atoms with Crippen LogP contribution in [0.25, 0.3) is 0 Å². The molecule has 0 aliphatic carbocycles. The van der Waals surface area contributed by atoms with E-state index in [0.717, 1.165) is 78.9 Å². The maximum absolute atomic E-state index is 13.4. The predicted octanol–water partition coefficient (Wildman–Crippen LogP) is 10.5. The van der Waals surface area contributed by atoms with Crippen LogP contribution in [-0.2, 0) is 55.1 Å². The fraction of sp³-hybridized carbons (Fsp3) is 0.267. The van der Waals surface area contributed by atoms with Crippen molar-refractivity contribution < 1.29 is 163 Å². The molecular weight excluding hydrogens is 1700 g/mol. The maximum Gasteiger partial charge on any atom is 1.00 e. The summed E-state index contributed by atoms with van der Waals surface area (Å²) in [6, 6.07) is 43.1. The monoisotopic (exact) mass is 1770 g/mol. The number of aromatic hydroxyl groups is 3. The van der Waals surface area contributed by atoms with E-state index < -0.39 is 27.1 Å². The minimum Gasteiger partial charge on any atom is -1.00 e. The van der Waals surface area contributed by atoms with Crippen LogP contribution in [0, 0.1) is 0 Å². The maximum atomic E-state index is 13.4. The number of rotatable bonds is 12. The molecule has 8 heterocycles. The van der Waals surface area contributed by atoms with Crippen molar-refractivity contribution in [3.63, 3.8) is 0 Å². The number of carbonyl (C=O) groups excluding carboxylic acids is 7. The number of Topliss-reactive ketones (excluding diaryl/α,β-unsaturated/α-hetero) is 3. The Balaban J connectivity index is 0.000000253. The number of amides is 3. The van der Waals surface area contributed by atoms with Gasteiger partial charge in [0.05, 0.1) is 38.1 Å². The van der Waals surface area contributed by atoms with Gasteiger partial charge in [0.2, 0.25) is 17.7 Å². The SMILES string of the molecule is C.C1CCNCC1.O=C1CC(=O)NC(c2ccc(Br)cc2)(c2ccsc2)C1.O=C1CC(c2ccc(Br)cc2)(c2ccsc2)NC(=O)C1Sc1cc(O)ccc1Cl.O=C1CC(c2ccc(N3CCCCC3)cc2)(c2ccsc2)NC(=O)C1Sc1cc(O)ccc1Cl.O=CO[O-].Oc1ccc(Cl)c(S)c1.[H-].[K+].[K+]. The van der Waals surface area contributed by atoms with Gasteiger partial charge in [-0.25, -0.2) is 0 Å². The van der Waals surface area contributed by atoms with E-state index in [4.69, 9.17) is 50.0 Å². The molecule has 5 fully saturated rings. The van der Waals surface area contributed by atoms with Gasteiger partial charge in [-0.1, -0.05) is 117 Å². The number of phenolic OH excluding ortho intramolecular Hbond substituents is 3. The van der Waals surface area contributed by atoms with Crippen LogP contribution >= 0.6 is 137 Å². The summed E-state index contributed by atoms with van der Waals surface area (Å²) in [5.74, 6) is -1.07. The number of thiophene rings is 3. The van der Waals surface area contributed by atoms with E-state index in [-0.39, 0.29) is 190 Å². The molecule has 5 aliphatic heterocycles. The number of nitrogens with zero attached hydrogens (tertiary/aromatic N) is 1. The Morgan fingerprint density at radius 1 is 0.533 bits per heavy atom. The van der Waals surface area contributed by atoms with Crippen LogP contribution in [0.1, 0.15) is 106 Å². The Morgan fingerprint density at radius 3 is 1.25 bits per heavy atom. The second-order valence-corrected chi connectivity index (χ2v) is 32.1. The summed E-state index contributed by atoms with van der Waals surface area (Å²) in [6.45, 7) is 4.43. The molecular formula is C75H74Br2Cl3K2N5O12S6. The Bertz CT molecular complexity index is 4280. The zero-order valence-corrected chi connectivity index (χ0v) is 73.0. The third-order valence-corrected chi connectivity index (χ3v) is 24.5. The van der Waals surface area contributed by atoms with Crippen LogP contribution in [0.5, 0.6) is 17.2 Å². The molecule has 0 spiro atoms. The molecule has 0 bridgehead atoms. The molecule has 14 rings (SSSR count). The van der Waals surface area contributed by atoms with Crippen LogP contribution in [0.2, 0.25) is 15.1 Å². The smallest absolute Gasteiger partial charge is 1.00 e. The molecule has 30 heteroatoms. The third-order valence-electron chi connectivity index (χ3n) is 17.1. The van der Waals surface area contributed by atoms with Gasteiger partial charge < -0.3 is 53.1 Å². The van der Waals surface area contributed by atoms with E-state index in [0.29, 0.717) is 36.2 Å². The molecule has 544 valence electrons. The molecule has 0 radical (unpaired) electrons. The number of thioether (sulfide) groups is 2. The molecule has 5 unspecified atom stereocenters. The number of hydrogen-bond acceptors (Lipinski definition) is 20. The van der Waals surface area contributed by atoms with Crippen molar-refractivity contribution >= 4 is 184 Å². The third kappa shape index (κ3) is 24.5. The van der Waals surface area contributed by atoms with Gasteiger partial charge in [-0.15, -0.1) is 36.2 Å². The van der Waals surface area contributed by atoms with E-state index in [2.05, 4.69) is 87.7 Å². The van der Waals surface area contributed by atoms with Crippen LogP contribution < -0.4 is 134 Å². The average molecular weight is 1770 g/mol. The molecule has 17 nitrogen and oxygen atoms in total. The summed E-state index contributed by atoms with van der Waals surface area (Å²) in [5.41, 5.74) is 4.05. The van der Waals surface area contributed by atoms with Gasteiger partial charge in [0.1, 0.15) is 33.5 Å². The molecule has 5 atom stereocenters. The molecule has 7 N–H and O–H groups in total. The van der Waals surface area contributed by atoms with E-state index in [1.165, 1.54) is 105 Å². The van der Waals surface area contributed by atoms with Crippen LogP contribution in [-0.4, -0.2) is 93.5 Å². The number of thiol groups is 1. The predicted molar refractivity (Wildman–Crippen MR) is 422 cm³/mol. The molecule has 5 aliphatic rings. The summed E-state index contributed by atoms with van der Waals surface area (Å²) < 4.78 is 1.89. The second kappa shape index (κ2) is 44.0. The number of anilines is 1. The summed E-state index contributed by atoms with van der Waals surface area (Å²) in [4.78, 5) is 92.1. The van der Waals surface area contributed by atoms with Crippen molar-refractivity contribution in [2.75, 3.05) is 31.1 Å². The number of phenols is 3. The van der Waals surface area contributed by atoms with Gasteiger partial charge in [0.15, 0.2) is 11.6 Å². The van der Waals surface area contributed by atoms with Crippen LogP contribution in [0.15, 0.2) is 202 Å². The Morgan fingerprint density at radius 2 is 0.914 bits per heavy atom. The molecule has 6 aromatic carbocycles. The van der Waals surface area contributed by atoms with Gasteiger partial charge in [-0.2, -0.15) is 34.0 Å². The minimum absolute atomic E-state index is 0. The van der Waals surface area contributed by atoms with Crippen LogP contribution in [0.4, 0.5) is 5.69 Å². The molecule has 0 saturated carbocycles. The zero-order chi connectivity index (χ0) is 73.0. The Labute approximate surface area is 754 Å². The number of hydrogen-bond donors (Lipinski definition) is 8. The first-order chi connectivity index (χ1) is 49.1. The summed E-state index contributed by atoms with van der Waals surface area (Å²) >= 11 is 35.6. The Kier molecular flexibility index (Phi) is 37.9. The van der Waals surface area contributed by atoms with Gasteiger partial charge >= 0.3 is 103 Å². The topological polar surface area (TPSA) is 264 Å². The fourth-order valence-corrected chi connectivity index (χ4v) is 17.7. The standard InChI is InChI=1S/C26H25ClN2O3S2.C21H15BrClNO3S2.C15H12BrNO2S.C6H5ClOS.C5H11N.CH2O3.CH4.2K.H/c27-21-9-8-20(30)14-23(21)34-24-22(31)15-26(28-25(24)32,18-10-13-33-16-18)17-4-6-19(7-5-17)29-11-2-1-3-12-29;22-14-3-1-12(2-4-14)21(13-7-8-28-11-13)10-17(26)19(20(27)24-21)29-18-9-15(25)5-6-16(18)23;16-12-3-1-10(2-4-12)15(11-5-6-20-9-11)8-13(18)7-14(19)17-15;7-5-2-1-4(8)3-6(5)9;1-2-4-6-5-3-1;2-1-4-3;;;;/h4-10,13-14,16,24,30H,1-3,11-12,15H2,(H,28,32);1-9,11,19,25H,10H2,(H,24,27);1-6,9H,7-8H2,(H,17,19);1-3,8-9H;6H,1-5H2;1,3H;1H4;;;/q;;;;;;;2*+1;-1/p-1. The fourth-order valence-electron chi connectivity index (χ4n) is 12.1. The number of piperidine rings is 5. The van der Waals surface area contributed by atoms with Crippen molar-refractivity contribution in [3.8, 4) is 17.2 Å². The van der Waals surface area contributed by atoms with Gasteiger partial charge in [0.25, 0.3) is 6.47 Å². The quantitative estimate of drug-likeness (QED) is 0.0141. The minimum atomic E-state index is -0.934. The van der Waals surface area contributed by atoms with Gasteiger partial charge in [-0.3, -0.25) is 33.6 Å². The number of benzene rings is 6. The van der Waals surface area contributed by atoms with Crippen molar-refractivity contribution in [2.45, 2.75) is 113 Å². The Hall–Kier alpha value is -3.42. The molecule has 3 amide bonds. The summed E-state index contributed by atoms with van der Waals surface area (Å²) in [6.07, 6.45) is 8.45.